The van der Waals surface area contributed by atoms with Crippen LogP contribution in [0.2, 0.25) is 0 Å². The third kappa shape index (κ3) is 4.09. The lowest BCUT2D eigenvalue weighted by Crippen LogP contribution is -2.25. The van der Waals surface area contributed by atoms with Crippen molar-refractivity contribution < 1.29 is 14.3 Å². The van der Waals surface area contributed by atoms with Crippen molar-refractivity contribution in [3.05, 3.63) is 35.2 Å². The SMILES string of the molecule is COc1ccc(NC(C)=O)c(NC(=O)c2n[nH]c3c2CNCC3)c1.Cl. The van der Waals surface area contributed by atoms with Crippen LogP contribution in [0.5, 0.6) is 5.75 Å². The van der Waals surface area contributed by atoms with E-state index in [1.54, 1.807) is 18.2 Å². The molecule has 1 aliphatic heterocycles. The first-order valence-corrected chi connectivity index (χ1v) is 7.62. The maximum atomic E-state index is 12.6. The number of aromatic amines is 1. The van der Waals surface area contributed by atoms with E-state index in [-0.39, 0.29) is 24.2 Å². The molecular weight excluding hydrogens is 346 g/mol. The molecular formula is C16H20ClN5O3. The summed E-state index contributed by atoms with van der Waals surface area (Å²) < 4.78 is 5.18. The second-order valence-corrected chi connectivity index (χ2v) is 5.50. The highest BCUT2D eigenvalue weighted by molar-refractivity contribution is 6.07. The van der Waals surface area contributed by atoms with Crippen LogP contribution in [-0.4, -0.2) is 35.7 Å². The summed E-state index contributed by atoms with van der Waals surface area (Å²) in [6.45, 7) is 2.87. The predicted molar refractivity (Wildman–Crippen MR) is 96.5 cm³/mol. The first-order valence-electron chi connectivity index (χ1n) is 7.62. The Morgan fingerprint density at radius 3 is 2.76 bits per heavy atom. The van der Waals surface area contributed by atoms with Crippen LogP contribution < -0.4 is 20.7 Å². The van der Waals surface area contributed by atoms with Gasteiger partial charge >= 0.3 is 0 Å². The van der Waals surface area contributed by atoms with Crippen molar-refractivity contribution in [1.82, 2.24) is 15.5 Å². The molecule has 2 amide bonds. The van der Waals surface area contributed by atoms with E-state index in [4.69, 9.17) is 4.74 Å². The summed E-state index contributed by atoms with van der Waals surface area (Å²) in [6, 6.07) is 5.04. The highest BCUT2D eigenvalue weighted by Gasteiger charge is 2.22. The third-order valence-corrected chi connectivity index (χ3v) is 3.81. The Labute approximate surface area is 151 Å². The van der Waals surface area contributed by atoms with Crippen molar-refractivity contribution in [2.45, 2.75) is 19.9 Å². The minimum Gasteiger partial charge on any atom is -0.497 e. The second kappa shape index (κ2) is 8.00. The summed E-state index contributed by atoms with van der Waals surface area (Å²) in [5, 5.41) is 15.8. The van der Waals surface area contributed by atoms with Crippen molar-refractivity contribution in [2.75, 3.05) is 24.3 Å². The number of ether oxygens (including phenoxy) is 1. The molecule has 1 aromatic heterocycles. The van der Waals surface area contributed by atoms with Crippen LogP contribution in [-0.2, 0) is 17.8 Å². The fourth-order valence-corrected chi connectivity index (χ4v) is 2.65. The number of methoxy groups -OCH3 is 1. The standard InChI is InChI=1S/C16H19N5O3.ClH/c1-9(22)18-13-4-3-10(24-2)7-14(13)19-16(23)15-11-8-17-6-5-12(11)20-21-15;/h3-4,7,17H,5-6,8H2,1-2H3,(H,18,22)(H,19,23)(H,20,21);1H. The van der Waals surface area contributed by atoms with Crippen molar-refractivity contribution in [2.24, 2.45) is 0 Å². The van der Waals surface area contributed by atoms with Gasteiger partial charge in [-0.05, 0) is 12.1 Å². The molecule has 0 bridgehead atoms. The fourth-order valence-electron chi connectivity index (χ4n) is 2.65. The van der Waals surface area contributed by atoms with Gasteiger partial charge in [0.25, 0.3) is 5.91 Å². The number of carbonyl (C=O) groups is 2. The molecule has 0 spiro atoms. The highest BCUT2D eigenvalue weighted by atomic mass is 35.5. The summed E-state index contributed by atoms with van der Waals surface area (Å²) in [4.78, 5) is 24.0. The lowest BCUT2D eigenvalue weighted by molar-refractivity contribution is -0.114. The summed E-state index contributed by atoms with van der Waals surface area (Å²) in [5.74, 6) is 0.0122. The monoisotopic (exact) mass is 365 g/mol. The molecule has 0 saturated heterocycles. The Kier molecular flexibility index (Phi) is 6.00. The number of hydrogen-bond acceptors (Lipinski definition) is 5. The Hall–Kier alpha value is -2.58. The van der Waals surface area contributed by atoms with Gasteiger partial charge in [-0.3, -0.25) is 14.7 Å². The van der Waals surface area contributed by atoms with E-state index >= 15 is 0 Å². The van der Waals surface area contributed by atoms with E-state index < -0.39 is 0 Å². The van der Waals surface area contributed by atoms with Gasteiger partial charge in [-0.15, -0.1) is 12.4 Å². The van der Waals surface area contributed by atoms with Crippen LogP contribution in [0.25, 0.3) is 0 Å². The molecule has 1 aliphatic rings. The van der Waals surface area contributed by atoms with E-state index in [0.29, 0.717) is 29.4 Å². The number of carbonyl (C=O) groups excluding carboxylic acids is 2. The number of H-pyrrole nitrogens is 1. The largest absolute Gasteiger partial charge is 0.497 e. The zero-order chi connectivity index (χ0) is 17.1. The topological polar surface area (TPSA) is 108 Å². The number of nitrogens with one attached hydrogen (secondary N) is 4. The van der Waals surface area contributed by atoms with Gasteiger partial charge in [0.1, 0.15) is 5.75 Å². The van der Waals surface area contributed by atoms with Gasteiger partial charge in [0, 0.05) is 43.8 Å². The lowest BCUT2D eigenvalue weighted by Gasteiger charge is -2.14. The average Bonchev–Trinajstić information content (AvgIpc) is 3.00. The van der Waals surface area contributed by atoms with Crippen molar-refractivity contribution in [3.63, 3.8) is 0 Å². The molecule has 3 rings (SSSR count). The van der Waals surface area contributed by atoms with Gasteiger partial charge in [0.05, 0.1) is 18.5 Å². The quantitative estimate of drug-likeness (QED) is 0.659. The molecule has 0 saturated carbocycles. The third-order valence-electron chi connectivity index (χ3n) is 3.81. The minimum absolute atomic E-state index is 0. The predicted octanol–water partition coefficient (Wildman–Crippen LogP) is 1.70. The van der Waals surface area contributed by atoms with Crippen molar-refractivity contribution >= 4 is 35.6 Å². The minimum atomic E-state index is -0.337. The van der Waals surface area contributed by atoms with E-state index in [9.17, 15) is 9.59 Å². The number of fused-ring (bicyclic) bond motifs is 1. The molecule has 25 heavy (non-hydrogen) atoms. The van der Waals surface area contributed by atoms with E-state index in [1.807, 2.05) is 0 Å². The molecule has 0 atom stereocenters. The fraction of sp³-hybridized carbons (Fsp3) is 0.312. The van der Waals surface area contributed by atoms with Crippen molar-refractivity contribution in [1.29, 1.82) is 0 Å². The first kappa shape index (κ1) is 18.8. The Morgan fingerprint density at radius 1 is 1.24 bits per heavy atom. The number of amides is 2. The molecule has 9 heteroatoms. The van der Waals surface area contributed by atoms with Gasteiger partial charge in [-0.25, -0.2) is 0 Å². The maximum absolute atomic E-state index is 12.6. The second-order valence-electron chi connectivity index (χ2n) is 5.50. The van der Waals surface area contributed by atoms with Gasteiger partial charge < -0.3 is 20.7 Å². The summed E-state index contributed by atoms with van der Waals surface area (Å²) >= 11 is 0. The smallest absolute Gasteiger partial charge is 0.276 e. The molecule has 0 radical (unpaired) electrons. The molecule has 8 nitrogen and oxygen atoms in total. The highest BCUT2D eigenvalue weighted by Crippen LogP contribution is 2.28. The number of hydrogen-bond donors (Lipinski definition) is 4. The number of aromatic nitrogens is 2. The van der Waals surface area contributed by atoms with Crippen LogP contribution >= 0.6 is 12.4 Å². The summed E-state index contributed by atoms with van der Waals surface area (Å²) in [7, 11) is 1.54. The molecule has 4 N–H and O–H groups in total. The van der Waals surface area contributed by atoms with Gasteiger partial charge in [0.15, 0.2) is 5.69 Å². The van der Waals surface area contributed by atoms with Crippen molar-refractivity contribution in [3.8, 4) is 5.75 Å². The number of benzene rings is 1. The van der Waals surface area contributed by atoms with E-state index in [1.165, 1.54) is 14.0 Å². The molecule has 2 aromatic rings. The molecule has 0 aliphatic carbocycles. The summed E-state index contributed by atoms with van der Waals surface area (Å²) in [6.07, 6.45) is 0.811. The average molecular weight is 366 g/mol. The number of anilines is 2. The Balaban J connectivity index is 0.00000225. The zero-order valence-electron chi connectivity index (χ0n) is 13.9. The Morgan fingerprint density at radius 2 is 2.04 bits per heavy atom. The number of rotatable bonds is 4. The molecule has 0 unspecified atom stereocenters. The van der Waals surface area contributed by atoms with Crippen LogP contribution in [0, 0.1) is 0 Å². The van der Waals surface area contributed by atoms with Crippen LogP contribution in [0.1, 0.15) is 28.7 Å². The van der Waals surface area contributed by atoms with E-state index in [0.717, 1.165) is 24.2 Å². The van der Waals surface area contributed by atoms with Crippen LogP contribution in [0.15, 0.2) is 18.2 Å². The number of nitrogens with zero attached hydrogens (tertiary/aromatic N) is 1. The van der Waals surface area contributed by atoms with Gasteiger partial charge in [0.2, 0.25) is 5.91 Å². The Bertz CT molecular complexity index is 790. The molecule has 0 fully saturated rings. The summed E-state index contributed by atoms with van der Waals surface area (Å²) in [5.41, 5.74) is 3.16. The molecule has 1 aromatic carbocycles. The maximum Gasteiger partial charge on any atom is 0.276 e. The van der Waals surface area contributed by atoms with Crippen LogP contribution in [0.3, 0.4) is 0 Å². The van der Waals surface area contributed by atoms with E-state index in [2.05, 4.69) is 26.1 Å². The number of halogens is 1. The molecule has 134 valence electrons. The normalized spacial score (nSPS) is 12.6. The van der Waals surface area contributed by atoms with Gasteiger partial charge in [-0.1, -0.05) is 0 Å². The zero-order valence-corrected chi connectivity index (χ0v) is 14.8. The molecule has 2 heterocycles. The lowest BCUT2D eigenvalue weighted by atomic mass is 10.1. The first-order chi connectivity index (χ1) is 11.6. The van der Waals surface area contributed by atoms with Crippen LogP contribution in [0.4, 0.5) is 11.4 Å². The van der Waals surface area contributed by atoms with Gasteiger partial charge in [-0.2, -0.15) is 5.10 Å².